The molecule has 7 nitrogen and oxygen atoms in total. The molecule has 0 heterocycles. The van der Waals surface area contributed by atoms with Gasteiger partial charge < -0.3 is 10.1 Å². The highest BCUT2D eigenvalue weighted by atomic mass is 32.2. The highest BCUT2D eigenvalue weighted by molar-refractivity contribution is 7.89. The fourth-order valence-corrected chi connectivity index (χ4v) is 4.59. The topological polar surface area (TPSA) is 92.8 Å². The lowest BCUT2D eigenvalue weighted by molar-refractivity contribution is -0.124. The van der Waals surface area contributed by atoms with Gasteiger partial charge >= 0.3 is 5.97 Å². The van der Waals surface area contributed by atoms with Crippen molar-refractivity contribution in [1.29, 1.82) is 0 Å². The quantitative estimate of drug-likeness (QED) is 0.615. The van der Waals surface area contributed by atoms with E-state index in [1.807, 2.05) is 31.2 Å². The molecule has 0 saturated carbocycles. The van der Waals surface area contributed by atoms with Gasteiger partial charge in [0, 0.05) is 19.6 Å². The zero-order valence-electron chi connectivity index (χ0n) is 17.8. The van der Waals surface area contributed by atoms with Crippen molar-refractivity contribution in [2.45, 2.75) is 39.1 Å². The van der Waals surface area contributed by atoms with Crippen LogP contribution >= 0.6 is 0 Å². The van der Waals surface area contributed by atoms with Gasteiger partial charge in [0.05, 0.1) is 10.5 Å². The molecule has 0 atom stereocenters. The lowest BCUT2D eigenvalue weighted by Gasteiger charge is -2.20. The van der Waals surface area contributed by atoms with Crippen LogP contribution in [0.2, 0.25) is 0 Å². The van der Waals surface area contributed by atoms with E-state index in [0.29, 0.717) is 25.2 Å². The Hall–Kier alpha value is -2.71. The standard InChI is InChI=1S/C22H28N2O5S/c1-5-24(6-2)30(27,28)20-13-19(12-9-17(20)4)22(26)29-15-21(25)23-14-18-10-7-16(3)8-11-18/h7-13H,5-6,14-15H2,1-4H3,(H,23,25). The number of hydrogen-bond donors (Lipinski definition) is 1. The molecule has 0 fully saturated rings. The van der Waals surface area contributed by atoms with Crippen molar-refractivity contribution < 1.29 is 22.7 Å². The minimum absolute atomic E-state index is 0.0597. The van der Waals surface area contributed by atoms with Crippen LogP contribution in [0.4, 0.5) is 0 Å². The number of benzene rings is 2. The number of rotatable bonds is 9. The smallest absolute Gasteiger partial charge is 0.338 e. The molecule has 0 spiro atoms. The first-order chi connectivity index (χ1) is 14.2. The Kier molecular flexibility index (Phi) is 8.14. The fraction of sp³-hybridized carbons (Fsp3) is 0.364. The monoisotopic (exact) mass is 432 g/mol. The molecule has 0 saturated heterocycles. The molecule has 0 aliphatic carbocycles. The molecule has 0 aliphatic rings. The summed E-state index contributed by atoms with van der Waals surface area (Å²) in [4.78, 5) is 24.4. The van der Waals surface area contributed by atoms with Crippen LogP contribution in [0, 0.1) is 13.8 Å². The molecule has 2 aromatic carbocycles. The largest absolute Gasteiger partial charge is 0.452 e. The zero-order chi connectivity index (χ0) is 22.3. The Balaban J connectivity index is 2.01. The molecule has 1 N–H and O–H groups in total. The van der Waals surface area contributed by atoms with E-state index >= 15 is 0 Å². The molecule has 0 aromatic heterocycles. The first kappa shape index (κ1) is 23.6. The maximum atomic E-state index is 12.8. The van der Waals surface area contributed by atoms with Gasteiger partial charge in [-0.2, -0.15) is 4.31 Å². The molecule has 8 heteroatoms. The number of aryl methyl sites for hydroxylation is 2. The van der Waals surface area contributed by atoms with Crippen molar-refractivity contribution in [3.63, 3.8) is 0 Å². The third-order valence-electron chi connectivity index (χ3n) is 4.69. The first-order valence-corrected chi connectivity index (χ1v) is 11.2. The maximum Gasteiger partial charge on any atom is 0.338 e. The maximum absolute atomic E-state index is 12.8. The molecular formula is C22H28N2O5S. The van der Waals surface area contributed by atoms with E-state index in [-0.39, 0.29) is 10.5 Å². The van der Waals surface area contributed by atoms with Crippen molar-refractivity contribution in [1.82, 2.24) is 9.62 Å². The van der Waals surface area contributed by atoms with Crippen molar-refractivity contribution >= 4 is 21.9 Å². The number of esters is 1. The molecule has 0 bridgehead atoms. The van der Waals surface area contributed by atoms with Gasteiger partial charge in [-0.25, -0.2) is 13.2 Å². The molecular weight excluding hydrogens is 404 g/mol. The van der Waals surface area contributed by atoms with Gasteiger partial charge in [-0.3, -0.25) is 4.79 Å². The van der Waals surface area contributed by atoms with Gasteiger partial charge in [0.2, 0.25) is 10.0 Å². The number of amides is 1. The molecule has 162 valence electrons. The third kappa shape index (κ3) is 5.90. The average Bonchev–Trinajstić information content (AvgIpc) is 2.72. The Morgan fingerprint density at radius 2 is 1.63 bits per heavy atom. The summed E-state index contributed by atoms with van der Waals surface area (Å²) in [5.41, 5.74) is 2.68. The van der Waals surface area contributed by atoms with Gasteiger partial charge in [0.15, 0.2) is 6.61 Å². The number of hydrogen-bond acceptors (Lipinski definition) is 5. The normalized spacial score (nSPS) is 11.4. The number of nitrogens with zero attached hydrogens (tertiary/aromatic N) is 1. The van der Waals surface area contributed by atoms with Crippen molar-refractivity contribution in [2.24, 2.45) is 0 Å². The number of carbonyl (C=O) groups is 2. The zero-order valence-corrected chi connectivity index (χ0v) is 18.6. The third-order valence-corrected chi connectivity index (χ3v) is 6.88. The predicted octanol–water partition coefficient (Wildman–Crippen LogP) is 2.81. The summed E-state index contributed by atoms with van der Waals surface area (Å²) in [6.07, 6.45) is 0. The Morgan fingerprint density at radius 3 is 2.23 bits per heavy atom. The van der Waals surface area contributed by atoms with Crippen LogP contribution in [0.15, 0.2) is 47.4 Å². The van der Waals surface area contributed by atoms with Crippen molar-refractivity contribution in [3.8, 4) is 0 Å². The van der Waals surface area contributed by atoms with E-state index in [0.717, 1.165) is 11.1 Å². The summed E-state index contributed by atoms with van der Waals surface area (Å²) >= 11 is 0. The number of nitrogens with one attached hydrogen (secondary N) is 1. The summed E-state index contributed by atoms with van der Waals surface area (Å²) in [5, 5.41) is 2.68. The highest BCUT2D eigenvalue weighted by Gasteiger charge is 2.25. The second-order valence-electron chi connectivity index (χ2n) is 6.91. The van der Waals surface area contributed by atoms with Gasteiger partial charge in [0.1, 0.15) is 0 Å². The van der Waals surface area contributed by atoms with Crippen LogP contribution in [-0.4, -0.2) is 44.3 Å². The second-order valence-corrected chi connectivity index (χ2v) is 8.81. The summed E-state index contributed by atoms with van der Waals surface area (Å²) in [7, 11) is -3.72. The molecule has 0 aliphatic heterocycles. The van der Waals surface area contributed by atoms with Crippen LogP contribution < -0.4 is 5.32 Å². The van der Waals surface area contributed by atoms with Crippen LogP contribution in [-0.2, 0) is 26.1 Å². The van der Waals surface area contributed by atoms with Crippen LogP contribution in [0.1, 0.15) is 40.9 Å². The summed E-state index contributed by atoms with van der Waals surface area (Å²) in [6.45, 7) is 7.69. The Bertz CT molecular complexity index is 997. The predicted molar refractivity (Wildman–Crippen MR) is 115 cm³/mol. The average molecular weight is 433 g/mol. The van der Waals surface area contributed by atoms with Gasteiger partial charge in [0.25, 0.3) is 5.91 Å². The Morgan fingerprint density at radius 1 is 1.00 bits per heavy atom. The number of ether oxygens (including phenoxy) is 1. The van der Waals surface area contributed by atoms with Crippen molar-refractivity contribution in [3.05, 3.63) is 64.7 Å². The van der Waals surface area contributed by atoms with E-state index in [9.17, 15) is 18.0 Å². The number of carbonyl (C=O) groups excluding carboxylic acids is 2. The van der Waals surface area contributed by atoms with E-state index < -0.39 is 28.5 Å². The Labute approximate surface area is 178 Å². The highest BCUT2D eigenvalue weighted by Crippen LogP contribution is 2.21. The molecule has 30 heavy (non-hydrogen) atoms. The van der Waals surface area contributed by atoms with Crippen molar-refractivity contribution in [2.75, 3.05) is 19.7 Å². The fourth-order valence-electron chi connectivity index (χ4n) is 2.88. The summed E-state index contributed by atoms with van der Waals surface area (Å²) in [5.74, 6) is -1.19. The minimum Gasteiger partial charge on any atom is -0.452 e. The van der Waals surface area contributed by atoms with E-state index in [1.165, 1.54) is 16.4 Å². The number of sulfonamides is 1. The summed E-state index contributed by atoms with van der Waals surface area (Å²) < 4.78 is 32.0. The molecule has 1 amide bonds. The molecule has 0 unspecified atom stereocenters. The van der Waals surface area contributed by atoms with E-state index in [2.05, 4.69) is 5.32 Å². The van der Waals surface area contributed by atoms with Gasteiger partial charge in [-0.1, -0.05) is 49.7 Å². The van der Waals surface area contributed by atoms with E-state index in [4.69, 9.17) is 4.74 Å². The lowest BCUT2D eigenvalue weighted by atomic mass is 10.1. The SMILES string of the molecule is CCN(CC)S(=O)(=O)c1cc(C(=O)OCC(=O)NCc2ccc(C)cc2)ccc1C. The second kappa shape index (κ2) is 10.4. The summed E-state index contributed by atoms with van der Waals surface area (Å²) in [6, 6.07) is 12.1. The minimum atomic E-state index is -3.72. The van der Waals surface area contributed by atoms with Gasteiger partial charge in [-0.15, -0.1) is 0 Å². The molecule has 2 rings (SSSR count). The van der Waals surface area contributed by atoms with Gasteiger partial charge in [-0.05, 0) is 37.1 Å². The lowest BCUT2D eigenvalue weighted by Crippen LogP contribution is -2.31. The van der Waals surface area contributed by atoms with E-state index in [1.54, 1.807) is 26.8 Å². The first-order valence-electron chi connectivity index (χ1n) is 9.79. The van der Waals surface area contributed by atoms with Crippen LogP contribution in [0.3, 0.4) is 0 Å². The molecule has 0 radical (unpaired) electrons. The van der Waals surface area contributed by atoms with Crippen LogP contribution in [0.5, 0.6) is 0 Å². The van der Waals surface area contributed by atoms with Crippen LogP contribution in [0.25, 0.3) is 0 Å². The molecule has 2 aromatic rings.